The molecule has 1 N–H and O–H groups in total. The monoisotopic (exact) mass is 214 g/mol. The number of nitrogens with zero attached hydrogens (tertiary/aromatic N) is 1. The summed E-state index contributed by atoms with van der Waals surface area (Å²) < 4.78 is 5.08. The number of rotatable bonds is 7. The van der Waals surface area contributed by atoms with Gasteiger partial charge in [0, 0.05) is 32.3 Å². The topological polar surface area (TPSA) is 24.5 Å². The zero-order valence-corrected chi connectivity index (χ0v) is 10.5. The van der Waals surface area contributed by atoms with Crippen molar-refractivity contribution in [3.63, 3.8) is 0 Å². The highest BCUT2D eigenvalue weighted by molar-refractivity contribution is 4.85. The molecule has 1 rings (SSSR count). The predicted octanol–water partition coefficient (Wildman–Crippen LogP) is 1.49. The van der Waals surface area contributed by atoms with Crippen molar-refractivity contribution in [3.05, 3.63) is 0 Å². The van der Waals surface area contributed by atoms with Crippen LogP contribution in [0.1, 0.15) is 32.6 Å². The molecule has 90 valence electrons. The van der Waals surface area contributed by atoms with Gasteiger partial charge in [0.15, 0.2) is 0 Å². The minimum Gasteiger partial charge on any atom is -0.385 e. The highest BCUT2D eigenvalue weighted by Crippen LogP contribution is 2.23. The average molecular weight is 214 g/mol. The van der Waals surface area contributed by atoms with Crippen LogP contribution in [0.15, 0.2) is 0 Å². The molecular formula is C12H26N2O. The summed E-state index contributed by atoms with van der Waals surface area (Å²) in [5.74, 6) is 0. The molecule has 15 heavy (non-hydrogen) atoms. The maximum atomic E-state index is 5.08. The van der Waals surface area contributed by atoms with Crippen LogP contribution >= 0.6 is 0 Å². The summed E-state index contributed by atoms with van der Waals surface area (Å²) >= 11 is 0. The second kappa shape index (κ2) is 7.20. The third-order valence-corrected chi connectivity index (χ3v) is 3.38. The lowest BCUT2D eigenvalue weighted by molar-refractivity contribution is 0.165. The van der Waals surface area contributed by atoms with Crippen LogP contribution in [0.5, 0.6) is 0 Å². The van der Waals surface area contributed by atoms with Crippen LogP contribution in [0.2, 0.25) is 0 Å². The molecule has 2 atom stereocenters. The Morgan fingerprint density at radius 2 is 2.20 bits per heavy atom. The van der Waals surface area contributed by atoms with Crippen molar-refractivity contribution < 1.29 is 4.74 Å². The van der Waals surface area contributed by atoms with Gasteiger partial charge >= 0.3 is 0 Å². The molecule has 1 aliphatic carbocycles. The van der Waals surface area contributed by atoms with Crippen LogP contribution in [-0.2, 0) is 4.74 Å². The molecule has 0 radical (unpaired) electrons. The number of methoxy groups -OCH3 is 1. The second-order valence-corrected chi connectivity index (χ2v) is 4.55. The van der Waals surface area contributed by atoms with E-state index in [2.05, 4.69) is 24.2 Å². The van der Waals surface area contributed by atoms with E-state index in [0.29, 0.717) is 0 Å². The van der Waals surface area contributed by atoms with E-state index >= 15 is 0 Å². The van der Waals surface area contributed by atoms with Gasteiger partial charge in [0.2, 0.25) is 0 Å². The first-order valence-corrected chi connectivity index (χ1v) is 6.20. The van der Waals surface area contributed by atoms with Crippen LogP contribution in [0, 0.1) is 0 Å². The van der Waals surface area contributed by atoms with Gasteiger partial charge in [0.25, 0.3) is 0 Å². The molecule has 3 nitrogen and oxygen atoms in total. The summed E-state index contributed by atoms with van der Waals surface area (Å²) in [7, 11) is 4.02. The van der Waals surface area contributed by atoms with Crippen LogP contribution in [0.3, 0.4) is 0 Å². The fourth-order valence-corrected chi connectivity index (χ4v) is 2.47. The first-order chi connectivity index (χ1) is 7.27. The molecule has 0 spiro atoms. The second-order valence-electron chi connectivity index (χ2n) is 4.55. The van der Waals surface area contributed by atoms with Gasteiger partial charge in [0.05, 0.1) is 0 Å². The van der Waals surface area contributed by atoms with E-state index in [4.69, 9.17) is 4.74 Å². The maximum Gasteiger partial charge on any atom is 0.0474 e. The summed E-state index contributed by atoms with van der Waals surface area (Å²) in [6.45, 7) is 5.34. The van der Waals surface area contributed by atoms with E-state index in [-0.39, 0.29) is 0 Å². The van der Waals surface area contributed by atoms with E-state index in [1.54, 1.807) is 7.11 Å². The molecule has 3 heteroatoms. The lowest BCUT2D eigenvalue weighted by atomic mass is 10.2. The first-order valence-electron chi connectivity index (χ1n) is 6.20. The molecule has 1 saturated carbocycles. The molecular weight excluding hydrogens is 188 g/mol. The average Bonchev–Trinajstić information content (AvgIpc) is 2.67. The lowest BCUT2D eigenvalue weighted by Gasteiger charge is -2.24. The zero-order valence-electron chi connectivity index (χ0n) is 10.5. The molecule has 2 unspecified atom stereocenters. The van der Waals surface area contributed by atoms with Crippen LogP contribution in [0.25, 0.3) is 0 Å². The zero-order chi connectivity index (χ0) is 11.1. The van der Waals surface area contributed by atoms with Gasteiger partial charge in [0.1, 0.15) is 0 Å². The molecule has 0 amide bonds. The van der Waals surface area contributed by atoms with Crippen molar-refractivity contribution in [1.29, 1.82) is 0 Å². The molecule has 0 bridgehead atoms. The maximum absolute atomic E-state index is 5.08. The number of nitrogens with one attached hydrogen (secondary N) is 1. The lowest BCUT2D eigenvalue weighted by Crippen LogP contribution is -2.33. The Hall–Kier alpha value is -0.120. The Morgan fingerprint density at radius 1 is 1.40 bits per heavy atom. The first kappa shape index (κ1) is 12.9. The number of ether oxygens (including phenoxy) is 1. The van der Waals surface area contributed by atoms with E-state index in [0.717, 1.165) is 38.2 Å². The third-order valence-electron chi connectivity index (χ3n) is 3.38. The van der Waals surface area contributed by atoms with E-state index in [1.807, 2.05) is 0 Å². The highest BCUT2D eigenvalue weighted by Gasteiger charge is 2.26. The fourth-order valence-electron chi connectivity index (χ4n) is 2.47. The van der Waals surface area contributed by atoms with Crippen molar-refractivity contribution in [2.24, 2.45) is 0 Å². The van der Waals surface area contributed by atoms with Crippen LogP contribution in [-0.4, -0.2) is 50.8 Å². The Labute approximate surface area is 94.2 Å². The van der Waals surface area contributed by atoms with Gasteiger partial charge in [-0.3, -0.25) is 0 Å². The fraction of sp³-hybridized carbons (Fsp3) is 1.00. The summed E-state index contributed by atoms with van der Waals surface area (Å²) in [5, 5.41) is 3.55. The van der Waals surface area contributed by atoms with Gasteiger partial charge in [-0.1, -0.05) is 6.92 Å². The molecule has 0 aliphatic heterocycles. The SMILES string of the molecule is CCNC1CCC(N(C)CCCOC)C1. The quantitative estimate of drug-likeness (QED) is 0.650. The van der Waals surface area contributed by atoms with Crippen molar-refractivity contribution >= 4 is 0 Å². The van der Waals surface area contributed by atoms with Crippen molar-refractivity contribution in [2.75, 3.05) is 33.9 Å². The Kier molecular flexibility index (Phi) is 6.22. The molecule has 1 aliphatic rings. The van der Waals surface area contributed by atoms with Gasteiger partial charge in [-0.25, -0.2) is 0 Å². The Bertz CT molecular complexity index is 164. The Balaban J connectivity index is 2.15. The number of hydrogen-bond donors (Lipinski definition) is 1. The molecule has 0 aromatic heterocycles. The summed E-state index contributed by atoms with van der Waals surface area (Å²) in [6.07, 6.45) is 5.15. The van der Waals surface area contributed by atoms with E-state index < -0.39 is 0 Å². The molecule has 0 aromatic rings. The van der Waals surface area contributed by atoms with Crippen LogP contribution < -0.4 is 5.32 Å². The largest absolute Gasteiger partial charge is 0.385 e. The minimum absolute atomic E-state index is 0.755. The van der Waals surface area contributed by atoms with Crippen molar-refractivity contribution in [2.45, 2.75) is 44.7 Å². The molecule has 0 saturated heterocycles. The highest BCUT2D eigenvalue weighted by atomic mass is 16.5. The summed E-state index contributed by atoms with van der Waals surface area (Å²) in [6, 6.07) is 1.54. The number of hydrogen-bond acceptors (Lipinski definition) is 3. The molecule has 0 aromatic carbocycles. The minimum atomic E-state index is 0.755. The van der Waals surface area contributed by atoms with Crippen molar-refractivity contribution in [3.8, 4) is 0 Å². The Morgan fingerprint density at radius 3 is 2.87 bits per heavy atom. The van der Waals surface area contributed by atoms with Gasteiger partial charge in [-0.2, -0.15) is 0 Å². The van der Waals surface area contributed by atoms with Gasteiger partial charge < -0.3 is 15.0 Å². The molecule has 1 fully saturated rings. The summed E-state index contributed by atoms with van der Waals surface area (Å²) in [5.41, 5.74) is 0. The summed E-state index contributed by atoms with van der Waals surface area (Å²) in [4.78, 5) is 2.50. The van der Waals surface area contributed by atoms with Crippen LogP contribution in [0.4, 0.5) is 0 Å². The normalized spacial score (nSPS) is 26.4. The molecule has 0 heterocycles. The van der Waals surface area contributed by atoms with E-state index in [9.17, 15) is 0 Å². The smallest absolute Gasteiger partial charge is 0.0474 e. The van der Waals surface area contributed by atoms with Gasteiger partial charge in [-0.15, -0.1) is 0 Å². The van der Waals surface area contributed by atoms with E-state index in [1.165, 1.54) is 19.3 Å². The van der Waals surface area contributed by atoms with Gasteiger partial charge in [-0.05, 0) is 39.3 Å². The predicted molar refractivity (Wildman–Crippen MR) is 64.2 cm³/mol. The standard InChI is InChI=1S/C12H26N2O/c1-4-13-11-6-7-12(10-11)14(2)8-5-9-15-3/h11-13H,4-10H2,1-3H3. The third kappa shape index (κ3) is 4.49. The van der Waals surface area contributed by atoms with Crippen molar-refractivity contribution in [1.82, 2.24) is 10.2 Å².